The SMILES string of the molecule is COc1cc(OC)c(Cl)c(C(=O)O)c1Cl. The third-order valence-electron chi connectivity index (χ3n) is 1.79. The van der Waals surface area contributed by atoms with Gasteiger partial charge in [0.05, 0.1) is 24.3 Å². The van der Waals surface area contributed by atoms with Gasteiger partial charge in [0, 0.05) is 6.07 Å². The van der Waals surface area contributed by atoms with Crippen LogP contribution in [0.25, 0.3) is 0 Å². The molecular weight excluding hydrogens is 243 g/mol. The van der Waals surface area contributed by atoms with Gasteiger partial charge >= 0.3 is 5.97 Å². The summed E-state index contributed by atoms with van der Waals surface area (Å²) in [6.45, 7) is 0. The maximum Gasteiger partial charge on any atom is 0.339 e. The van der Waals surface area contributed by atoms with Crippen LogP contribution in [-0.4, -0.2) is 25.3 Å². The van der Waals surface area contributed by atoms with Gasteiger partial charge in [-0.15, -0.1) is 0 Å². The molecule has 0 radical (unpaired) electrons. The molecule has 0 atom stereocenters. The minimum Gasteiger partial charge on any atom is -0.495 e. The highest BCUT2D eigenvalue weighted by molar-refractivity contribution is 6.41. The molecule has 0 fully saturated rings. The molecule has 0 aromatic heterocycles. The lowest BCUT2D eigenvalue weighted by Crippen LogP contribution is -2.02. The van der Waals surface area contributed by atoms with E-state index in [9.17, 15) is 4.79 Å². The first-order chi connectivity index (χ1) is 7.02. The minimum absolute atomic E-state index is 0.0456. The largest absolute Gasteiger partial charge is 0.495 e. The fraction of sp³-hybridized carbons (Fsp3) is 0.222. The zero-order valence-electron chi connectivity index (χ0n) is 8.01. The molecule has 15 heavy (non-hydrogen) atoms. The van der Waals surface area contributed by atoms with Gasteiger partial charge in [-0.3, -0.25) is 0 Å². The van der Waals surface area contributed by atoms with E-state index in [0.717, 1.165) is 0 Å². The molecule has 6 heteroatoms. The van der Waals surface area contributed by atoms with Crippen LogP contribution >= 0.6 is 23.2 Å². The Bertz CT molecular complexity index is 375. The maximum atomic E-state index is 10.9. The summed E-state index contributed by atoms with van der Waals surface area (Å²) >= 11 is 11.6. The number of ether oxygens (including phenoxy) is 2. The van der Waals surface area contributed by atoms with Crippen LogP contribution < -0.4 is 9.47 Å². The first-order valence-corrected chi connectivity index (χ1v) is 4.61. The van der Waals surface area contributed by atoms with Crippen LogP contribution in [0.3, 0.4) is 0 Å². The number of methoxy groups -OCH3 is 2. The van der Waals surface area contributed by atoms with Crippen molar-refractivity contribution < 1.29 is 19.4 Å². The summed E-state index contributed by atoms with van der Waals surface area (Å²) in [4.78, 5) is 10.9. The topological polar surface area (TPSA) is 55.8 Å². The smallest absolute Gasteiger partial charge is 0.339 e. The normalized spacial score (nSPS) is 9.87. The van der Waals surface area contributed by atoms with Gasteiger partial charge in [-0.1, -0.05) is 23.2 Å². The van der Waals surface area contributed by atoms with Gasteiger partial charge in [-0.2, -0.15) is 0 Å². The number of carbonyl (C=O) groups is 1. The van der Waals surface area contributed by atoms with E-state index in [1.165, 1.54) is 20.3 Å². The number of carboxylic acid groups (broad SMARTS) is 1. The minimum atomic E-state index is -1.23. The third kappa shape index (κ3) is 2.11. The van der Waals surface area contributed by atoms with Crippen molar-refractivity contribution in [1.29, 1.82) is 0 Å². The van der Waals surface area contributed by atoms with Gasteiger partial charge in [0.1, 0.15) is 17.1 Å². The molecule has 0 saturated heterocycles. The van der Waals surface area contributed by atoms with E-state index in [0.29, 0.717) is 0 Å². The number of benzene rings is 1. The standard InChI is InChI=1S/C9H8Cl2O4/c1-14-4-3-5(15-2)8(11)6(7(4)10)9(12)13/h3H,1-2H3,(H,12,13). The van der Waals surface area contributed by atoms with Crippen LogP contribution in [0.4, 0.5) is 0 Å². The summed E-state index contributed by atoms with van der Waals surface area (Å²) in [6.07, 6.45) is 0. The molecule has 82 valence electrons. The van der Waals surface area contributed by atoms with Gasteiger partial charge in [-0.05, 0) is 0 Å². The van der Waals surface area contributed by atoms with Crippen LogP contribution in [-0.2, 0) is 0 Å². The Hall–Kier alpha value is -1.13. The van der Waals surface area contributed by atoms with Gasteiger partial charge in [0.2, 0.25) is 0 Å². The summed E-state index contributed by atoms with van der Waals surface area (Å²) in [5.74, 6) is -0.826. The van der Waals surface area contributed by atoms with Gasteiger partial charge in [-0.25, -0.2) is 4.79 Å². The average molecular weight is 251 g/mol. The van der Waals surface area contributed by atoms with E-state index < -0.39 is 5.97 Å². The van der Waals surface area contributed by atoms with Crippen molar-refractivity contribution >= 4 is 29.2 Å². The molecule has 1 rings (SSSR count). The van der Waals surface area contributed by atoms with Crippen LogP contribution in [0.15, 0.2) is 6.07 Å². The number of carboxylic acids is 1. The Labute approximate surface area is 96.3 Å². The molecule has 1 aromatic rings. The maximum absolute atomic E-state index is 10.9. The molecule has 4 nitrogen and oxygen atoms in total. The molecule has 0 aliphatic heterocycles. The highest BCUT2D eigenvalue weighted by Gasteiger charge is 2.21. The van der Waals surface area contributed by atoms with Crippen LogP contribution in [0.2, 0.25) is 10.0 Å². The Morgan fingerprint density at radius 1 is 1.20 bits per heavy atom. The van der Waals surface area contributed by atoms with Crippen molar-refractivity contribution in [2.24, 2.45) is 0 Å². The summed E-state index contributed by atoms with van der Waals surface area (Å²) in [5.41, 5.74) is -0.227. The van der Waals surface area contributed by atoms with Crippen molar-refractivity contribution in [2.45, 2.75) is 0 Å². The number of rotatable bonds is 3. The lowest BCUT2D eigenvalue weighted by molar-refractivity contribution is 0.0696. The third-order valence-corrected chi connectivity index (χ3v) is 2.54. The predicted molar refractivity (Wildman–Crippen MR) is 56.5 cm³/mol. The molecule has 0 aliphatic rings. The Morgan fingerprint density at radius 2 is 1.60 bits per heavy atom. The van der Waals surface area contributed by atoms with Crippen LogP contribution in [0.1, 0.15) is 10.4 Å². The van der Waals surface area contributed by atoms with Crippen LogP contribution in [0, 0.1) is 0 Å². The van der Waals surface area contributed by atoms with Crippen molar-refractivity contribution in [3.8, 4) is 11.5 Å². The zero-order valence-corrected chi connectivity index (χ0v) is 9.52. The highest BCUT2D eigenvalue weighted by Crippen LogP contribution is 2.40. The molecule has 0 amide bonds. The highest BCUT2D eigenvalue weighted by atomic mass is 35.5. The monoisotopic (exact) mass is 250 g/mol. The molecule has 0 bridgehead atoms. The predicted octanol–water partition coefficient (Wildman–Crippen LogP) is 2.71. The number of hydrogen-bond donors (Lipinski definition) is 1. The molecule has 0 heterocycles. The number of hydrogen-bond acceptors (Lipinski definition) is 3. The Morgan fingerprint density at radius 3 is 1.87 bits per heavy atom. The second kappa shape index (κ2) is 4.59. The number of aromatic carboxylic acids is 1. The van der Waals surface area contributed by atoms with Crippen molar-refractivity contribution in [3.63, 3.8) is 0 Å². The Kier molecular flexibility index (Phi) is 3.66. The molecular formula is C9H8Cl2O4. The second-order valence-electron chi connectivity index (χ2n) is 2.59. The van der Waals surface area contributed by atoms with Crippen molar-refractivity contribution in [1.82, 2.24) is 0 Å². The quantitative estimate of drug-likeness (QED) is 0.897. The molecule has 0 spiro atoms. The van der Waals surface area contributed by atoms with Gasteiger partial charge in [0.25, 0.3) is 0 Å². The van der Waals surface area contributed by atoms with Gasteiger partial charge in [0.15, 0.2) is 0 Å². The van der Waals surface area contributed by atoms with E-state index in [1.54, 1.807) is 0 Å². The van der Waals surface area contributed by atoms with Gasteiger partial charge < -0.3 is 14.6 Å². The Balaban J connectivity index is 3.53. The average Bonchev–Trinajstić information content (AvgIpc) is 2.18. The van der Waals surface area contributed by atoms with Crippen molar-refractivity contribution in [3.05, 3.63) is 21.7 Å². The summed E-state index contributed by atoms with van der Waals surface area (Å²) in [7, 11) is 2.75. The lowest BCUT2D eigenvalue weighted by Gasteiger charge is -2.11. The summed E-state index contributed by atoms with van der Waals surface area (Å²) < 4.78 is 9.80. The molecule has 0 unspecified atom stereocenters. The first kappa shape index (κ1) is 11.9. The fourth-order valence-electron chi connectivity index (χ4n) is 1.07. The first-order valence-electron chi connectivity index (χ1n) is 3.86. The summed E-state index contributed by atoms with van der Waals surface area (Å²) in [6, 6.07) is 1.43. The van der Waals surface area contributed by atoms with E-state index in [4.69, 9.17) is 37.8 Å². The molecule has 1 N–H and O–H groups in total. The lowest BCUT2D eigenvalue weighted by atomic mass is 10.2. The fourth-order valence-corrected chi connectivity index (χ4v) is 1.74. The summed E-state index contributed by atoms with van der Waals surface area (Å²) in [5, 5.41) is 8.82. The van der Waals surface area contributed by atoms with E-state index in [1.807, 2.05) is 0 Å². The number of halogens is 2. The van der Waals surface area contributed by atoms with E-state index in [-0.39, 0.29) is 27.1 Å². The van der Waals surface area contributed by atoms with Crippen LogP contribution in [0.5, 0.6) is 11.5 Å². The second-order valence-corrected chi connectivity index (χ2v) is 3.35. The molecule has 0 aliphatic carbocycles. The van der Waals surface area contributed by atoms with E-state index >= 15 is 0 Å². The van der Waals surface area contributed by atoms with E-state index in [2.05, 4.69) is 0 Å². The molecule has 1 aromatic carbocycles. The zero-order chi connectivity index (χ0) is 11.6. The van der Waals surface area contributed by atoms with Crippen molar-refractivity contribution in [2.75, 3.05) is 14.2 Å². The molecule has 0 saturated carbocycles.